The summed E-state index contributed by atoms with van der Waals surface area (Å²) in [6.45, 7) is 3.83. The van der Waals surface area contributed by atoms with Crippen LogP contribution in [0.2, 0.25) is 0 Å². The average molecular weight is 297 g/mol. The van der Waals surface area contributed by atoms with Crippen LogP contribution in [-0.2, 0) is 14.8 Å². The molecule has 20 heavy (non-hydrogen) atoms. The molecular formula is C13H19N3O3S. The first-order chi connectivity index (χ1) is 9.32. The van der Waals surface area contributed by atoms with Crippen LogP contribution in [-0.4, -0.2) is 37.8 Å². The molecule has 1 saturated heterocycles. The molecule has 0 spiro atoms. The lowest BCUT2D eigenvalue weighted by Crippen LogP contribution is -2.37. The van der Waals surface area contributed by atoms with Gasteiger partial charge in [-0.1, -0.05) is 12.1 Å². The van der Waals surface area contributed by atoms with Crippen molar-refractivity contribution in [1.29, 1.82) is 0 Å². The van der Waals surface area contributed by atoms with Crippen molar-refractivity contribution in [3.8, 4) is 0 Å². The Hall–Kier alpha value is -1.60. The minimum Gasteiger partial charge on any atom is -0.398 e. The van der Waals surface area contributed by atoms with Gasteiger partial charge in [0, 0.05) is 26.1 Å². The number of nitrogens with two attached hydrogens (primary N) is 1. The van der Waals surface area contributed by atoms with Gasteiger partial charge in [0.1, 0.15) is 4.90 Å². The number of hydrogen-bond acceptors (Lipinski definition) is 4. The summed E-state index contributed by atoms with van der Waals surface area (Å²) in [5, 5.41) is 2.75. The van der Waals surface area contributed by atoms with Crippen molar-refractivity contribution in [2.24, 2.45) is 0 Å². The summed E-state index contributed by atoms with van der Waals surface area (Å²) < 4.78 is 26.7. The molecule has 1 aromatic carbocycles. The van der Waals surface area contributed by atoms with Crippen LogP contribution >= 0.6 is 0 Å². The van der Waals surface area contributed by atoms with Gasteiger partial charge >= 0.3 is 0 Å². The first kappa shape index (κ1) is 14.8. The third-order valence-electron chi connectivity index (χ3n) is 3.40. The maximum Gasteiger partial charge on any atom is 0.245 e. The van der Waals surface area contributed by atoms with E-state index in [4.69, 9.17) is 5.73 Å². The lowest BCUT2D eigenvalue weighted by Gasteiger charge is -2.19. The SMILES string of the molecule is CC(=O)NC1CCN(S(=O)(=O)c2c(C)cccc2N)C1. The van der Waals surface area contributed by atoms with Crippen molar-refractivity contribution in [3.63, 3.8) is 0 Å². The van der Waals surface area contributed by atoms with Crippen molar-refractivity contribution in [2.45, 2.75) is 31.2 Å². The first-order valence-electron chi connectivity index (χ1n) is 6.44. The minimum absolute atomic E-state index is 0.132. The molecule has 1 amide bonds. The Kier molecular flexibility index (Phi) is 4.01. The predicted octanol–water partition coefficient (Wildman–Crippen LogP) is 0.476. The zero-order chi connectivity index (χ0) is 14.9. The summed E-state index contributed by atoms with van der Waals surface area (Å²) in [6, 6.07) is 4.91. The van der Waals surface area contributed by atoms with Gasteiger partial charge in [-0.15, -0.1) is 0 Å². The molecule has 0 aliphatic carbocycles. The number of aryl methyl sites for hydroxylation is 1. The van der Waals surface area contributed by atoms with Gasteiger partial charge in [-0.25, -0.2) is 8.42 Å². The summed E-state index contributed by atoms with van der Waals surface area (Å²) in [4.78, 5) is 11.2. The van der Waals surface area contributed by atoms with Gasteiger partial charge in [-0.05, 0) is 25.0 Å². The number of carbonyl (C=O) groups is 1. The molecule has 7 heteroatoms. The number of nitrogens with zero attached hydrogens (tertiary/aromatic N) is 1. The number of carbonyl (C=O) groups excluding carboxylic acids is 1. The van der Waals surface area contributed by atoms with E-state index in [1.54, 1.807) is 25.1 Å². The van der Waals surface area contributed by atoms with Crippen LogP contribution in [0, 0.1) is 6.92 Å². The number of benzene rings is 1. The molecule has 0 aromatic heterocycles. The highest BCUT2D eigenvalue weighted by atomic mass is 32.2. The Morgan fingerprint density at radius 2 is 2.15 bits per heavy atom. The second-order valence-corrected chi connectivity index (χ2v) is 6.92. The lowest BCUT2D eigenvalue weighted by molar-refractivity contribution is -0.119. The van der Waals surface area contributed by atoms with E-state index in [1.807, 2.05) is 0 Å². The van der Waals surface area contributed by atoms with E-state index in [1.165, 1.54) is 11.2 Å². The molecule has 6 nitrogen and oxygen atoms in total. The molecule has 0 radical (unpaired) electrons. The smallest absolute Gasteiger partial charge is 0.245 e. The zero-order valence-corrected chi connectivity index (χ0v) is 12.4. The fourth-order valence-corrected chi connectivity index (χ4v) is 4.33. The molecule has 1 unspecified atom stereocenters. The van der Waals surface area contributed by atoms with E-state index < -0.39 is 10.0 Å². The van der Waals surface area contributed by atoms with Crippen molar-refractivity contribution >= 4 is 21.6 Å². The predicted molar refractivity (Wildman–Crippen MR) is 76.6 cm³/mol. The molecule has 0 bridgehead atoms. The number of nitrogen functional groups attached to an aromatic ring is 1. The van der Waals surface area contributed by atoms with E-state index in [0.29, 0.717) is 18.5 Å². The van der Waals surface area contributed by atoms with Gasteiger partial charge in [0.05, 0.1) is 5.69 Å². The molecule has 2 rings (SSSR count). The third kappa shape index (κ3) is 2.78. The number of nitrogens with one attached hydrogen (secondary N) is 1. The Balaban J connectivity index is 2.26. The van der Waals surface area contributed by atoms with Crippen LogP contribution in [0.15, 0.2) is 23.1 Å². The maximum absolute atomic E-state index is 12.6. The lowest BCUT2D eigenvalue weighted by atomic mass is 10.2. The van der Waals surface area contributed by atoms with Crippen molar-refractivity contribution in [1.82, 2.24) is 9.62 Å². The zero-order valence-electron chi connectivity index (χ0n) is 11.6. The van der Waals surface area contributed by atoms with Crippen LogP contribution < -0.4 is 11.1 Å². The highest BCUT2D eigenvalue weighted by Gasteiger charge is 2.34. The normalized spacial score (nSPS) is 20.0. The quantitative estimate of drug-likeness (QED) is 0.794. The van der Waals surface area contributed by atoms with Gasteiger partial charge in [-0.2, -0.15) is 4.31 Å². The van der Waals surface area contributed by atoms with E-state index >= 15 is 0 Å². The molecule has 1 heterocycles. The van der Waals surface area contributed by atoms with Gasteiger partial charge < -0.3 is 11.1 Å². The summed E-state index contributed by atoms with van der Waals surface area (Å²) in [7, 11) is -3.61. The molecule has 1 aliphatic heterocycles. The van der Waals surface area contributed by atoms with Gasteiger partial charge in [0.15, 0.2) is 0 Å². The van der Waals surface area contributed by atoms with E-state index in [-0.39, 0.29) is 29.1 Å². The van der Waals surface area contributed by atoms with Crippen molar-refractivity contribution < 1.29 is 13.2 Å². The highest BCUT2D eigenvalue weighted by molar-refractivity contribution is 7.89. The summed E-state index contributed by atoms with van der Waals surface area (Å²) in [5.74, 6) is -0.148. The number of sulfonamides is 1. The Labute approximate surface area is 119 Å². The fraction of sp³-hybridized carbons (Fsp3) is 0.462. The highest BCUT2D eigenvalue weighted by Crippen LogP contribution is 2.28. The van der Waals surface area contributed by atoms with Crippen LogP contribution in [0.25, 0.3) is 0 Å². The molecular weight excluding hydrogens is 278 g/mol. The molecule has 110 valence electrons. The molecule has 1 fully saturated rings. The van der Waals surface area contributed by atoms with Crippen LogP contribution in [0.4, 0.5) is 5.69 Å². The van der Waals surface area contributed by atoms with Gasteiger partial charge in [0.25, 0.3) is 0 Å². The Bertz CT molecular complexity index is 607. The number of hydrogen-bond donors (Lipinski definition) is 2. The molecule has 0 saturated carbocycles. The monoisotopic (exact) mass is 297 g/mol. The van der Waals surface area contributed by atoms with Gasteiger partial charge in [0.2, 0.25) is 15.9 Å². The second kappa shape index (κ2) is 5.41. The first-order valence-corrected chi connectivity index (χ1v) is 7.88. The fourth-order valence-electron chi connectivity index (χ4n) is 2.51. The standard InChI is InChI=1S/C13H19N3O3S/c1-9-4-3-5-12(14)13(9)20(18,19)16-7-6-11(8-16)15-10(2)17/h3-5,11H,6-8,14H2,1-2H3,(H,15,17). The molecule has 1 aromatic rings. The van der Waals surface area contributed by atoms with E-state index in [0.717, 1.165) is 0 Å². The van der Waals surface area contributed by atoms with E-state index in [9.17, 15) is 13.2 Å². The topological polar surface area (TPSA) is 92.5 Å². The van der Waals surface area contributed by atoms with Crippen LogP contribution in [0.5, 0.6) is 0 Å². The number of amides is 1. The Morgan fingerprint density at radius 3 is 2.75 bits per heavy atom. The van der Waals surface area contributed by atoms with Crippen molar-refractivity contribution in [3.05, 3.63) is 23.8 Å². The number of rotatable bonds is 3. The maximum atomic E-state index is 12.6. The van der Waals surface area contributed by atoms with Crippen LogP contribution in [0.3, 0.4) is 0 Å². The summed E-state index contributed by atoms with van der Waals surface area (Å²) in [6.07, 6.45) is 0.616. The second-order valence-electron chi connectivity index (χ2n) is 5.04. The largest absolute Gasteiger partial charge is 0.398 e. The Morgan fingerprint density at radius 1 is 1.45 bits per heavy atom. The van der Waals surface area contributed by atoms with Crippen molar-refractivity contribution in [2.75, 3.05) is 18.8 Å². The molecule has 1 atom stereocenters. The average Bonchev–Trinajstić information content (AvgIpc) is 2.76. The molecule has 3 N–H and O–H groups in total. The number of anilines is 1. The van der Waals surface area contributed by atoms with Gasteiger partial charge in [-0.3, -0.25) is 4.79 Å². The summed E-state index contributed by atoms with van der Waals surface area (Å²) >= 11 is 0. The third-order valence-corrected chi connectivity index (χ3v) is 5.48. The van der Waals surface area contributed by atoms with E-state index in [2.05, 4.69) is 5.32 Å². The van der Waals surface area contributed by atoms with Crippen LogP contribution in [0.1, 0.15) is 18.9 Å². The minimum atomic E-state index is -3.61. The molecule has 1 aliphatic rings. The summed E-state index contributed by atoms with van der Waals surface area (Å²) in [5.41, 5.74) is 6.70.